The van der Waals surface area contributed by atoms with Gasteiger partial charge in [0.25, 0.3) is 5.91 Å². The van der Waals surface area contributed by atoms with E-state index in [1.807, 2.05) is 25.1 Å². The van der Waals surface area contributed by atoms with E-state index in [9.17, 15) is 9.59 Å². The first-order valence-corrected chi connectivity index (χ1v) is 9.76. The maximum atomic E-state index is 12.8. The number of carbonyl (C=O) groups is 2. The average Bonchev–Trinajstić information content (AvgIpc) is 2.61. The van der Waals surface area contributed by atoms with Crippen LogP contribution in [0.25, 0.3) is 5.57 Å². The lowest BCUT2D eigenvalue weighted by Crippen LogP contribution is -2.14. The normalized spacial score (nSPS) is 10.3. The highest BCUT2D eigenvalue weighted by Crippen LogP contribution is 2.30. The maximum absolute atomic E-state index is 12.8. The molecule has 6 heteroatoms. The molecule has 0 aliphatic heterocycles. The summed E-state index contributed by atoms with van der Waals surface area (Å²) in [5.74, 6) is 0.0960. The number of ether oxygens (including phenoxy) is 1. The maximum Gasteiger partial charge on any atom is 0.337 e. The predicted molar refractivity (Wildman–Crippen MR) is 111 cm³/mol. The molecule has 0 heterocycles. The van der Waals surface area contributed by atoms with Crippen molar-refractivity contribution in [3.05, 3.63) is 64.1 Å². The number of nitrogens with one attached hydrogen (secondary N) is 1. The van der Waals surface area contributed by atoms with E-state index in [-0.39, 0.29) is 5.91 Å². The van der Waals surface area contributed by atoms with Gasteiger partial charge in [-0.25, -0.2) is 4.79 Å². The van der Waals surface area contributed by atoms with Crippen molar-refractivity contribution in [2.45, 2.75) is 18.7 Å². The molecule has 2 rings (SSSR count). The van der Waals surface area contributed by atoms with Gasteiger partial charge < -0.3 is 10.1 Å². The number of hydrogen-bond donors (Lipinski definition) is 1. The van der Waals surface area contributed by atoms with Crippen LogP contribution in [0.2, 0.25) is 0 Å². The first-order valence-electron chi connectivity index (χ1n) is 7.98. The summed E-state index contributed by atoms with van der Waals surface area (Å²) in [6.07, 6.45) is 0. The van der Waals surface area contributed by atoms with Crippen LogP contribution in [0.15, 0.2) is 52.3 Å². The topological polar surface area (TPSA) is 55.4 Å². The van der Waals surface area contributed by atoms with Gasteiger partial charge in [-0.3, -0.25) is 4.79 Å². The van der Waals surface area contributed by atoms with E-state index in [2.05, 4.69) is 34.7 Å². The zero-order chi connectivity index (χ0) is 19.3. The molecule has 26 heavy (non-hydrogen) atoms. The summed E-state index contributed by atoms with van der Waals surface area (Å²) in [5, 5.41) is 2.94. The van der Waals surface area contributed by atoms with Crippen molar-refractivity contribution in [2.75, 3.05) is 18.2 Å². The van der Waals surface area contributed by atoms with Crippen LogP contribution in [-0.2, 0) is 4.74 Å². The Kier molecular flexibility index (Phi) is 7.06. The molecule has 0 unspecified atom stereocenters. The molecule has 2 aromatic rings. The number of carbonyl (C=O) groups excluding carboxylic acids is 2. The van der Waals surface area contributed by atoms with Gasteiger partial charge in [0.15, 0.2) is 0 Å². The van der Waals surface area contributed by atoms with Crippen LogP contribution < -0.4 is 5.32 Å². The zero-order valence-corrected chi connectivity index (χ0v) is 17.3. The van der Waals surface area contributed by atoms with Crippen LogP contribution in [0.1, 0.15) is 40.1 Å². The van der Waals surface area contributed by atoms with Crippen LogP contribution in [0, 0.1) is 0 Å². The Bertz CT molecular complexity index is 864. The summed E-state index contributed by atoms with van der Waals surface area (Å²) >= 11 is 4.98. The van der Waals surface area contributed by atoms with Gasteiger partial charge >= 0.3 is 5.97 Å². The molecular formula is C20H20BrNO3S. The highest BCUT2D eigenvalue weighted by molar-refractivity contribution is 9.10. The Morgan fingerprint density at radius 1 is 1.15 bits per heavy atom. The van der Waals surface area contributed by atoms with Crippen molar-refractivity contribution in [2.24, 2.45) is 0 Å². The molecule has 1 N–H and O–H groups in total. The summed E-state index contributed by atoms with van der Waals surface area (Å²) in [4.78, 5) is 25.5. The Labute approximate surface area is 166 Å². The van der Waals surface area contributed by atoms with E-state index in [4.69, 9.17) is 4.74 Å². The van der Waals surface area contributed by atoms with Crippen molar-refractivity contribution in [3.8, 4) is 0 Å². The van der Waals surface area contributed by atoms with E-state index in [0.717, 1.165) is 27.5 Å². The van der Waals surface area contributed by atoms with Crippen molar-refractivity contribution in [1.82, 2.24) is 0 Å². The largest absolute Gasteiger partial charge is 0.465 e. The molecule has 1 amide bonds. The molecule has 0 radical (unpaired) electrons. The van der Waals surface area contributed by atoms with Crippen molar-refractivity contribution >= 4 is 50.8 Å². The standard InChI is InChI=1S/C20H20BrNO3S/c1-5-26-18-7-6-13(12(2)3)11-17(18)22-19(23)14-8-15(20(24)25-4)10-16(21)9-14/h6-11H,2,5H2,1,3-4H3,(H,22,23). The van der Waals surface area contributed by atoms with Gasteiger partial charge in [-0.2, -0.15) is 0 Å². The van der Waals surface area contributed by atoms with E-state index < -0.39 is 5.97 Å². The summed E-state index contributed by atoms with van der Waals surface area (Å²) in [6.45, 7) is 7.93. The fourth-order valence-corrected chi connectivity index (χ4v) is 3.56. The lowest BCUT2D eigenvalue weighted by Gasteiger charge is -2.13. The van der Waals surface area contributed by atoms with E-state index in [0.29, 0.717) is 15.6 Å². The summed E-state index contributed by atoms with van der Waals surface area (Å²) < 4.78 is 5.36. The first-order chi connectivity index (χ1) is 12.3. The number of methoxy groups -OCH3 is 1. The molecule has 0 fully saturated rings. The van der Waals surface area contributed by atoms with Gasteiger partial charge in [0.05, 0.1) is 18.4 Å². The SMILES string of the molecule is C=C(C)c1ccc(SCC)c(NC(=O)c2cc(Br)cc(C(=O)OC)c2)c1. The molecule has 0 atom stereocenters. The molecule has 136 valence electrons. The van der Waals surface area contributed by atoms with Crippen LogP contribution in [0.4, 0.5) is 5.69 Å². The number of benzene rings is 2. The summed E-state index contributed by atoms with van der Waals surface area (Å²) in [7, 11) is 1.31. The highest BCUT2D eigenvalue weighted by atomic mass is 79.9. The minimum absolute atomic E-state index is 0.298. The van der Waals surface area contributed by atoms with Crippen molar-refractivity contribution < 1.29 is 14.3 Å². The third-order valence-electron chi connectivity index (χ3n) is 3.60. The molecule has 0 saturated carbocycles. The lowest BCUT2D eigenvalue weighted by atomic mass is 10.1. The third kappa shape index (κ3) is 4.99. The fraction of sp³-hybridized carbons (Fsp3) is 0.200. The predicted octanol–water partition coefficient (Wildman–Crippen LogP) is 5.63. The van der Waals surface area contributed by atoms with Crippen molar-refractivity contribution in [3.63, 3.8) is 0 Å². The average molecular weight is 434 g/mol. The number of thioether (sulfide) groups is 1. The molecular weight excluding hydrogens is 414 g/mol. The summed E-state index contributed by atoms with van der Waals surface area (Å²) in [6, 6.07) is 10.7. The molecule has 0 aliphatic carbocycles. The monoisotopic (exact) mass is 433 g/mol. The Morgan fingerprint density at radius 3 is 2.46 bits per heavy atom. The van der Waals surface area contributed by atoms with Crippen LogP contribution in [-0.4, -0.2) is 24.7 Å². The molecule has 2 aromatic carbocycles. The Balaban J connectivity index is 2.37. The molecule has 0 spiro atoms. The van der Waals surface area contributed by atoms with Gasteiger partial charge in [0, 0.05) is 14.9 Å². The first kappa shape index (κ1) is 20.3. The Morgan fingerprint density at radius 2 is 1.85 bits per heavy atom. The third-order valence-corrected chi connectivity index (χ3v) is 5.01. The molecule has 0 aliphatic rings. The van der Waals surface area contributed by atoms with E-state index >= 15 is 0 Å². The molecule has 0 saturated heterocycles. The minimum atomic E-state index is -0.494. The number of esters is 1. The van der Waals surface area contributed by atoms with Crippen LogP contribution >= 0.6 is 27.7 Å². The number of amides is 1. The molecule has 4 nitrogen and oxygen atoms in total. The van der Waals surface area contributed by atoms with Crippen LogP contribution in [0.3, 0.4) is 0 Å². The van der Waals surface area contributed by atoms with E-state index in [1.165, 1.54) is 13.2 Å². The molecule has 0 aromatic heterocycles. The van der Waals surface area contributed by atoms with Crippen LogP contribution in [0.5, 0.6) is 0 Å². The smallest absolute Gasteiger partial charge is 0.337 e. The van der Waals surface area contributed by atoms with Gasteiger partial charge in [-0.15, -0.1) is 11.8 Å². The van der Waals surface area contributed by atoms with Gasteiger partial charge in [-0.05, 0) is 48.6 Å². The van der Waals surface area contributed by atoms with Gasteiger partial charge in [-0.1, -0.05) is 41.1 Å². The van der Waals surface area contributed by atoms with Gasteiger partial charge in [0.1, 0.15) is 0 Å². The number of halogens is 1. The second-order valence-electron chi connectivity index (χ2n) is 5.60. The minimum Gasteiger partial charge on any atom is -0.465 e. The quantitative estimate of drug-likeness (QED) is 0.473. The van der Waals surface area contributed by atoms with E-state index in [1.54, 1.807) is 23.9 Å². The fourth-order valence-electron chi connectivity index (χ4n) is 2.33. The number of allylic oxidation sites excluding steroid dienone is 1. The van der Waals surface area contributed by atoms with Gasteiger partial charge in [0.2, 0.25) is 0 Å². The highest BCUT2D eigenvalue weighted by Gasteiger charge is 2.15. The second-order valence-corrected chi connectivity index (χ2v) is 7.82. The zero-order valence-electron chi connectivity index (χ0n) is 14.9. The number of hydrogen-bond acceptors (Lipinski definition) is 4. The lowest BCUT2D eigenvalue weighted by molar-refractivity contribution is 0.0600. The number of rotatable bonds is 6. The Hall–Kier alpha value is -2.05. The summed E-state index contributed by atoms with van der Waals surface area (Å²) in [5.41, 5.74) is 3.29. The second kappa shape index (κ2) is 9.05. The van der Waals surface area contributed by atoms with Crippen molar-refractivity contribution in [1.29, 1.82) is 0 Å². The molecule has 0 bridgehead atoms. The number of anilines is 1.